The molecule has 2 amide bonds. The highest BCUT2D eigenvalue weighted by Crippen LogP contribution is 2.27. The third-order valence-electron chi connectivity index (χ3n) is 3.52. The molecule has 0 radical (unpaired) electrons. The summed E-state index contributed by atoms with van der Waals surface area (Å²) in [5.41, 5.74) is -2.64. The predicted molar refractivity (Wildman–Crippen MR) is 83.7 cm³/mol. The van der Waals surface area contributed by atoms with Crippen LogP contribution in [0.25, 0.3) is 0 Å². The Morgan fingerprint density at radius 1 is 1.46 bits per heavy atom. The van der Waals surface area contributed by atoms with Crippen LogP contribution < -0.4 is 16.4 Å². The quantitative estimate of drug-likeness (QED) is 0.147. The van der Waals surface area contributed by atoms with Gasteiger partial charge in [0.05, 0.1) is 12.5 Å². The summed E-state index contributed by atoms with van der Waals surface area (Å²) in [6.45, 7) is 1.52. The van der Waals surface area contributed by atoms with Crippen LogP contribution in [0.5, 0.6) is 0 Å². The monoisotopic (exact) mass is 379 g/mol. The number of rotatable bonds is 9. The average Bonchev–Trinajstić information content (AvgIpc) is 2.58. The molecule has 0 saturated heterocycles. The highest BCUT2D eigenvalue weighted by Gasteiger charge is 2.35. The summed E-state index contributed by atoms with van der Waals surface area (Å²) in [6, 6.07) is 0.238. The summed E-state index contributed by atoms with van der Waals surface area (Å²) in [4.78, 5) is 39.6. The minimum Gasteiger partial charge on any atom is -0.291 e. The number of H-pyrrole nitrogens is 1. The Bertz CT molecular complexity index is 679. The fourth-order valence-electron chi connectivity index (χ4n) is 2.21. The topological polar surface area (TPSA) is 133 Å². The highest BCUT2D eigenvalue weighted by molar-refractivity contribution is 5.92. The van der Waals surface area contributed by atoms with E-state index in [1.54, 1.807) is 0 Å². The number of aromatic amines is 1. The second-order valence-electron chi connectivity index (χ2n) is 5.58. The minimum atomic E-state index is -4.90. The molecule has 4 N–H and O–H groups in total. The van der Waals surface area contributed by atoms with Crippen molar-refractivity contribution in [2.45, 2.75) is 38.8 Å². The Labute approximate surface area is 146 Å². The standard InChI is InChI=1S/C14H20F3N5O4/c1-2-3-4-5-9(7-21(26)8-23)12(25)22(18)13-19-10(14(15,16)17)6-11(24)20-13/h6,8-9,26H,2-5,7,18H2,1H3,(H,19,20,24)/t9-/m1/s1. The number of hydrogen-bond donors (Lipinski definition) is 3. The predicted octanol–water partition coefficient (Wildman–Crippen LogP) is 1.04. The molecule has 26 heavy (non-hydrogen) atoms. The number of carbonyl (C=O) groups excluding carboxylic acids is 2. The second kappa shape index (κ2) is 9.29. The van der Waals surface area contributed by atoms with E-state index in [0.29, 0.717) is 6.42 Å². The lowest BCUT2D eigenvalue weighted by atomic mass is 10.00. The van der Waals surface area contributed by atoms with E-state index in [2.05, 4.69) is 4.98 Å². The smallest absolute Gasteiger partial charge is 0.291 e. The van der Waals surface area contributed by atoms with Gasteiger partial charge in [0.15, 0.2) is 5.69 Å². The van der Waals surface area contributed by atoms with Gasteiger partial charge in [0.1, 0.15) is 0 Å². The first kappa shape index (κ1) is 21.6. The van der Waals surface area contributed by atoms with Crippen LogP contribution in [0.15, 0.2) is 10.9 Å². The number of hydroxylamine groups is 2. The summed E-state index contributed by atoms with van der Waals surface area (Å²) < 4.78 is 38.3. The van der Waals surface area contributed by atoms with Crippen molar-refractivity contribution in [3.05, 3.63) is 22.1 Å². The molecular weight excluding hydrogens is 359 g/mol. The molecule has 1 aromatic rings. The van der Waals surface area contributed by atoms with Gasteiger partial charge in [-0.25, -0.2) is 20.9 Å². The molecule has 0 aliphatic rings. The largest absolute Gasteiger partial charge is 0.433 e. The fraction of sp³-hybridized carbons (Fsp3) is 0.571. The fourth-order valence-corrected chi connectivity index (χ4v) is 2.21. The molecule has 0 bridgehead atoms. The lowest BCUT2D eigenvalue weighted by molar-refractivity contribution is -0.154. The first-order valence-corrected chi connectivity index (χ1v) is 7.78. The van der Waals surface area contributed by atoms with E-state index in [1.165, 1.54) is 0 Å². The highest BCUT2D eigenvalue weighted by atomic mass is 19.4. The van der Waals surface area contributed by atoms with Gasteiger partial charge in [-0.3, -0.25) is 24.6 Å². The Morgan fingerprint density at radius 2 is 2.12 bits per heavy atom. The molecule has 0 aliphatic heterocycles. The molecule has 1 rings (SSSR count). The number of halogens is 3. The Morgan fingerprint density at radius 3 is 2.65 bits per heavy atom. The molecule has 9 nitrogen and oxygen atoms in total. The van der Waals surface area contributed by atoms with Crippen LogP contribution in [0, 0.1) is 5.92 Å². The van der Waals surface area contributed by atoms with Crippen LogP contribution in [-0.2, 0) is 15.8 Å². The van der Waals surface area contributed by atoms with Gasteiger partial charge < -0.3 is 0 Å². The van der Waals surface area contributed by atoms with Gasteiger partial charge in [-0.05, 0) is 6.42 Å². The van der Waals surface area contributed by atoms with Crippen LogP contribution in [-0.4, -0.2) is 39.1 Å². The number of nitrogens with one attached hydrogen (secondary N) is 1. The maximum atomic E-state index is 12.8. The zero-order valence-corrected chi connectivity index (χ0v) is 14.0. The minimum absolute atomic E-state index is 0.0886. The maximum absolute atomic E-state index is 12.8. The molecular formula is C14H20F3N5O4. The summed E-state index contributed by atoms with van der Waals surface area (Å²) in [5, 5.41) is 9.84. The third kappa shape index (κ3) is 6.11. The zero-order chi connectivity index (χ0) is 19.9. The lowest BCUT2D eigenvalue weighted by Gasteiger charge is -2.24. The van der Waals surface area contributed by atoms with Crippen molar-refractivity contribution >= 4 is 18.3 Å². The van der Waals surface area contributed by atoms with Crippen molar-refractivity contribution in [3.8, 4) is 0 Å². The van der Waals surface area contributed by atoms with Gasteiger partial charge in [0.25, 0.3) is 5.56 Å². The second-order valence-corrected chi connectivity index (χ2v) is 5.58. The molecule has 0 fully saturated rings. The number of unbranched alkanes of at least 4 members (excludes halogenated alkanes) is 2. The summed E-state index contributed by atoms with van der Waals surface area (Å²) in [6.07, 6.45) is -2.40. The van der Waals surface area contributed by atoms with E-state index in [-0.39, 0.29) is 29.0 Å². The van der Waals surface area contributed by atoms with Crippen LogP contribution in [0.3, 0.4) is 0 Å². The molecule has 0 aliphatic carbocycles. The average molecular weight is 379 g/mol. The van der Waals surface area contributed by atoms with Crippen LogP contribution in [0.4, 0.5) is 19.1 Å². The van der Waals surface area contributed by atoms with E-state index in [0.717, 1.165) is 12.8 Å². The van der Waals surface area contributed by atoms with Gasteiger partial charge in [-0.15, -0.1) is 0 Å². The summed E-state index contributed by atoms with van der Waals surface area (Å²) >= 11 is 0. The van der Waals surface area contributed by atoms with E-state index < -0.39 is 41.7 Å². The van der Waals surface area contributed by atoms with Gasteiger partial charge in [-0.1, -0.05) is 26.2 Å². The van der Waals surface area contributed by atoms with Gasteiger partial charge in [0, 0.05) is 6.07 Å². The number of hydrazine groups is 1. The molecule has 0 saturated carbocycles. The number of carbonyl (C=O) groups is 2. The van der Waals surface area contributed by atoms with Crippen molar-refractivity contribution in [3.63, 3.8) is 0 Å². The van der Waals surface area contributed by atoms with Gasteiger partial charge in [-0.2, -0.15) is 13.2 Å². The van der Waals surface area contributed by atoms with E-state index in [4.69, 9.17) is 5.84 Å². The number of amides is 2. The molecule has 1 heterocycles. The number of aromatic nitrogens is 2. The maximum Gasteiger partial charge on any atom is 0.433 e. The molecule has 0 spiro atoms. The normalized spacial score (nSPS) is 12.5. The van der Waals surface area contributed by atoms with Crippen LogP contribution in [0.2, 0.25) is 0 Å². The van der Waals surface area contributed by atoms with E-state index in [9.17, 15) is 32.8 Å². The van der Waals surface area contributed by atoms with Crippen molar-refractivity contribution in [2.75, 3.05) is 11.6 Å². The number of nitrogens with zero attached hydrogens (tertiary/aromatic N) is 3. The van der Waals surface area contributed by atoms with E-state index >= 15 is 0 Å². The number of anilines is 1. The molecule has 146 valence electrons. The van der Waals surface area contributed by atoms with Gasteiger partial charge in [0.2, 0.25) is 18.3 Å². The first-order chi connectivity index (χ1) is 12.1. The van der Waals surface area contributed by atoms with Crippen molar-refractivity contribution < 1.29 is 28.0 Å². The molecule has 1 atom stereocenters. The molecule has 0 aromatic carbocycles. The van der Waals surface area contributed by atoms with Crippen molar-refractivity contribution in [2.24, 2.45) is 11.8 Å². The zero-order valence-electron chi connectivity index (χ0n) is 14.0. The van der Waals surface area contributed by atoms with Crippen molar-refractivity contribution in [1.82, 2.24) is 15.0 Å². The first-order valence-electron chi connectivity index (χ1n) is 7.78. The number of nitrogens with two attached hydrogens (primary N) is 1. The number of hydrogen-bond acceptors (Lipinski definition) is 6. The molecule has 1 aromatic heterocycles. The summed E-state index contributed by atoms with van der Waals surface area (Å²) in [7, 11) is 0. The number of alkyl halides is 3. The van der Waals surface area contributed by atoms with E-state index in [1.807, 2.05) is 11.9 Å². The van der Waals surface area contributed by atoms with Crippen LogP contribution >= 0.6 is 0 Å². The lowest BCUT2D eigenvalue weighted by Crippen LogP contribution is -2.46. The molecule has 0 unspecified atom stereocenters. The Kier molecular flexibility index (Phi) is 7.71. The Balaban J connectivity index is 3.08. The molecule has 12 heteroatoms. The van der Waals surface area contributed by atoms with Crippen LogP contribution in [0.1, 0.15) is 38.3 Å². The van der Waals surface area contributed by atoms with Crippen molar-refractivity contribution in [1.29, 1.82) is 0 Å². The Hall–Kier alpha value is -2.47. The SMILES string of the molecule is CCCCC[C@H](CN(O)C=O)C(=O)N(N)c1nc(C(F)(F)F)cc(=O)[nH]1. The van der Waals surface area contributed by atoms with Gasteiger partial charge >= 0.3 is 6.18 Å². The third-order valence-corrected chi connectivity index (χ3v) is 3.52. The summed E-state index contributed by atoms with van der Waals surface area (Å²) in [5.74, 6) is 2.87.